The van der Waals surface area contributed by atoms with Crippen LogP contribution in [-0.4, -0.2) is 10.8 Å². The molecule has 6 heterocycles. The zero-order valence-corrected chi connectivity index (χ0v) is 34.8. The predicted octanol–water partition coefficient (Wildman–Crippen LogP) is 9.19. The fraction of sp³-hybridized carbons (Fsp3) is 0.0196. The second-order valence-electron chi connectivity index (χ2n) is 13.6. The molecule has 7 heteroatoms. The van der Waals surface area contributed by atoms with E-state index in [9.17, 15) is 4.79 Å². The fourth-order valence-corrected chi connectivity index (χ4v) is 7.28. The first kappa shape index (κ1) is 37.8. The number of nitrogens with zero attached hydrogens (tertiary/aromatic N) is 5. The number of benzene rings is 4. The summed E-state index contributed by atoms with van der Waals surface area (Å²) >= 11 is 0. The summed E-state index contributed by atoms with van der Waals surface area (Å²) in [6, 6.07) is 61.8. The molecule has 4 aromatic carbocycles. The topological polar surface area (TPSA) is 86.4 Å². The van der Waals surface area contributed by atoms with E-state index in [1.807, 2.05) is 24.3 Å². The van der Waals surface area contributed by atoms with Gasteiger partial charge >= 0.3 is 0 Å². The molecular weight excluding hydrogens is 764 g/mol. The molecule has 0 unspecified atom stereocenters. The molecule has 0 amide bonds. The number of rotatable bonds is 5. The molecule has 5 aromatic heterocycles. The van der Waals surface area contributed by atoms with Crippen LogP contribution in [0.25, 0.3) is 0 Å². The third-order valence-electron chi connectivity index (χ3n) is 9.95. The van der Waals surface area contributed by atoms with Gasteiger partial charge in [0.25, 0.3) is 0 Å². The number of fused-ring (bicyclic) bond motifs is 8. The zero-order valence-electron chi connectivity index (χ0n) is 31.8. The van der Waals surface area contributed by atoms with Crippen molar-refractivity contribution in [1.82, 2.24) is 24.9 Å². The number of hydrogen-bond donors (Lipinski definition) is 0. The SMILES string of the molecule is CC(=O)c1ccncc1.[Zn].c1ccc([C+]2c3ccc([n-]3)[C+](c3ccccc3)c3ccc([n-]3)[C+](c3ccccc3)c3ccc([n-]3)[C+](c3ccccc3)c3ccc2[n-]3)cc1. The molecule has 272 valence electrons. The van der Waals surface area contributed by atoms with Crippen molar-refractivity contribution < 1.29 is 24.3 Å². The number of aromatic nitrogens is 5. The van der Waals surface area contributed by atoms with Gasteiger partial charge in [0.15, 0.2) is 5.78 Å². The summed E-state index contributed by atoms with van der Waals surface area (Å²) in [5, 5.41) is 0. The van der Waals surface area contributed by atoms with E-state index >= 15 is 0 Å². The Morgan fingerprint density at radius 1 is 0.362 bits per heavy atom. The van der Waals surface area contributed by atoms with Gasteiger partial charge in [0.05, 0.1) is 22.3 Å². The van der Waals surface area contributed by atoms with Crippen molar-refractivity contribution in [2.45, 2.75) is 6.92 Å². The Bertz CT molecular complexity index is 2280. The van der Waals surface area contributed by atoms with E-state index in [0.29, 0.717) is 5.56 Å². The van der Waals surface area contributed by atoms with E-state index in [4.69, 9.17) is 19.9 Å². The van der Waals surface area contributed by atoms with E-state index in [0.717, 1.165) is 91.5 Å². The Hall–Kier alpha value is -7.08. The summed E-state index contributed by atoms with van der Waals surface area (Å²) in [5.74, 6) is 4.00. The van der Waals surface area contributed by atoms with E-state index < -0.39 is 0 Å². The summed E-state index contributed by atoms with van der Waals surface area (Å²) < 4.78 is 0. The molecule has 0 N–H and O–H groups in total. The van der Waals surface area contributed by atoms with Crippen molar-refractivity contribution in [3.8, 4) is 0 Å². The smallest absolute Gasteiger partial charge is 0.159 e. The largest absolute Gasteiger partial charge is 0.628 e. The molecule has 9 aromatic rings. The number of pyridine rings is 1. The van der Waals surface area contributed by atoms with Gasteiger partial charge in [0, 0.05) is 158 Å². The molecule has 0 aliphatic carbocycles. The summed E-state index contributed by atoms with van der Waals surface area (Å²) in [6.45, 7) is 1.54. The van der Waals surface area contributed by atoms with Crippen LogP contribution in [0.15, 0.2) is 194 Å². The van der Waals surface area contributed by atoms with Crippen LogP contribution in [0.2, 0.25) is 0 Å². The van der Waals surface area contributed by atoms with Crippen LogP contribution in [0.3, 0.4) is 0 Å². The van der Waals surface area contributed by atoms with Crippen molar-refractivity contribution in [2.24, 2.45) is 0 Å². The van der Waals surface area contributed by atoms with Crippen LogP contribution in [0.1, 0.15) is 85.1 Å². The number of carbonyl (C=O) groups excluding carboxylic acids is 1. The monoisotopic (exact) mass is 797 g/mol. The summed E-state index contributed by atoms with van der Waals surface area (Å²) in [4.78, 5) is 35.6. The van der Waals surface area contributed by atoms with Crippen molar-refractivity contribution in [3.05, 3.63) is 291 Å². The predicted molar refractivity (Wildman–Crippen MR) is 221 cm³/mol. The van der Waals surface area contributed by atoms with Crippen LogP contribution in [-0.2, 0) is 19.5 Å². The number of ketones is 1. The normalized spacial score (nSPS) is 12.0. The van der Waals surface area contributed by atoms with E-state index in [-0.39, 0.29) is 25.3 Å². The zero-order chi connectivity index (χ0) is 38.6. The second kappa shape index (κ2) is 17.0. The van der Waals surface area contributed by atoms with Crippen molar-refractivity contribution in [3.63, 3.8) is 0 Å². The molecule has 58 heavy (non-hydrogen) atoms. The first-order chi connectivity index (χ1) is 28.1. The molecule has 1 aliphatic rings. The molecule has 10 rings (SSSR count). The van der Waals surface area contributed by atoms with Crippen LogP contribution < -0.4 is 19.9 Å². The van der Waals surface area contributed by atoms with Crippen molar-refractivity contribution in [2.75, 3.05) is 0 Å². The minimum Gasteiger partial charge on any atom is -0.628 e. The molecule has 8 bridgehead atoms. The third-order valence-corrected chi connectivity index (χ3v) is 9.95. The minimum atomic E-state index is 0. The molecule has 0 saturated carbocycles. The van der Waals surface area contributed by atoms with Gasteiger partial charge in [-0.25, -0.2) is 0 Å². The maximum atomic E-state index is 10.6. The van der Waals surface area contributed by atoms with E-state index in [1.54, 1.807) is 24.5 Å². The molecule has 0 fully saturated rings. The Morgan fingerprint density at radius 2 is 0.586 bits per heavy atom. The molecule has 0 atom stereocenters. The quantitative estimate of drug-likeness (QED) is 0.0981. The Kier molecular flexibility index (Phi) is 11.1. The Labute approximate surface area is 351 Å². The summed E-state index contributed by atoms with van der Waals surface area (Å²) in [6.07, 6.45) is 3.22. The molecular formula is C51H35N5OZn. The van der Waals surface area contributed by atoms with Gasteiger partial charge < -0.3 is 19.9 Å². The fourth-order valence-electron chi connectivity index (χ4n) is 7.28. The maximum absolute atomic E-state index is 10.6. The maximum Gasteiger partial charge on any atom is 0.159 e. The van der Waals surface area contributed by atoms with E-state index in [2.05, 4.69) is 151 Å². The average molecular weight is 799 g/mol. The van der Waals surface area contributed by atoms with Crippen LogP contribution in [0.4, 0.5) is 0 Å². The summed E-state index contributed by atoms with van der Waals surface area (Å²) in [5.41, 5.74) is 11.8. The molecule has 0 saturated heterocycles. The molecule has 0 radical (unpaired) electrons. The second-order valence-corrected chi connectivity index (χ2v) is 13.6. The van der Waals surface area contributed by atoms with Crippen molar-refractivity contribution in [1.29, 1.82) is 0 Å². The minimum absolute atomic E-state index is 0. The van der Waals surface area contributed by atoms with Gasteiger partial charge in [-0.15, -0.1) is 0 Å². The van der Waals surface area contributed by atoms with Gasteiger partial charge in [-0.1, -0.05) is 0 Å². The molecule has 6 nitrogen and oxygen atoms in total. The van der Waals surface area contributed by atoms with Gasteiger partial charge in [-0.3, -0.25) is 9.78 Å². The average Bonchev–Trinajstić information content (AvgIpc) is 4.11. The molecule has 0 spiro atoms. The van der Waals surface area contributed by atoms with Gasteiger partial charge in [-0.2, -0.15) is 0 Å². The standard InChI is InChI=1S/C44H28N4.C7H7NO.Zn/c1-5-13-29(14-6-1)41-33-21-23-35(45-33)42(30-15-7-2-8-16-30)37-25-27-39(47-37)44(32-19-11-4-12-20-32)40-28-26-38(48-40)43(31-17-9-3-10-18-31)36-24-22-34(41)46-36;1-6(9)7-2-4-8-5-3-7;/h1-28H;2-5H,1H3;. The Balaban J connectivity index is 0.000000418. The van der Waals surface area contributed by atoms with Gasteiger partial charge in [-0.05, 0) is 137 Å². The molecule has 1 aliphatic heterocycles. The first-order valence-corrected chi connectivity index (χ1v) is 18.8. The van der Waals surface area contributed by atoms with E-state index in [1.165, 1.54) is 6.92 Å². The number of carbonyl (C=O) groups is 1. The van der Waals surface area contributed by atoms with Gasteiger partial charge in [0.2, 0.25) is 0 Å². The number of hydrogen-bond acceptors (Lipinski definition) is 2. The Morgan fingerprint density at radius 3 is 0.776 bits per heavy atom. The van der Waals surface area contributed by atoms with Crippen molar-refractivity contribution >= 4 is 5.78 Å². The first-order valence-electron chi connectivity index (χ1n) is 18.8. The third kappa shape index (κ3) is 7.68. The number of Topliss-reactive ketones (excluding diaryl/α,β-unsaturated/α-hetero) is 1. The van der Waals surface area contributed by atoms with Gasteiger partial charge in [0.1, 0.15) is 0 Å². The summed E-state index contributed by atoms with van der Waals surface area (Å²) in [7, 11) is 0. The van der Waals surface area contributed by atoms with Crippen LogP contribution >= 0.6 is 0 Å². The van der Waals surface area contributed by atoms with Crippen LogP contribution in [0.5, 0.6) is 0 Å². The van der Waals surface area contributed by atoms with Crippen LogP contribution in [0, 0.1) is 23.7 Å².